The third-order valence-electron chi connectivity index (χ3n) is 3.04. The second-order valence-corrected chi connectivity index (χ2v) is 4.93. The van der Waals surface area contributed by atoms with Gasteiger partial charge in [-0.15, -0.1) is 0 Å². The molecular formula is C10H17N3S. The molecule has 14 heavy (non-hydrogen) atoms. The van der Waals surface area contributed by atoms with Crippen molar-refractivity contribution in [2.75, 3.05) is 24.2 Å². The molecule has 2 rings (SSSR count). The molecule has 78 valence electrons. The van der Waals surface area contributed by atoms with Crippen LogP contribution in [0, 0.1) is 12.8 Å². The fourth-order valence-electron chi connectivity index (χ4n) is 1.84. The summed E-state index contributed by atoms with van der Waals surface area (Å²) in [6.07, 6.45) is 4.18. The largest absolute Gasteiger partial charge is 0.383 e. The van der Waals surface area contributed by atoms with E-state index in [1.807, 2.05) is 6.92 Å². The second kappa shape index (κ2) is 3.77. The van der Waals surface area contributed by atoms with Gasteiger partial charge in [-0.3, -0.25) is 0 Å². The highest BCUT2D eigenvalue weighted by Crippen LogP contribution is 2.32. The van der Waals surface area contributed by atoms with Crippen LogP contribution in [-0.4, -0.2) is 18.0 Å². The van der Waals surface area contributed by atoms with E-state index in [0.717, 1.165) is 18.0 Å². The van der Waals surface area contributed by atoms with E-state index in [0.29, 0.717) is 5.82 Å². The van der Waals surface area contributed by atoms with E-state index >= 15 is 0 Å². The Balaban J connectivity index is 2.02. The van der Waals surface area contributed by atoms with Crippen LogP contribution in [0.5, 0.6) is 0 Å². The van der Waals surface area contributed by atoms with Crippen LogP contribution in [0.4, 0.5) is 10.8 Å². The van der Waals surface area contributed by atoms with E-state index < -0.39 is 0 Å². The standard InChI is InChI=1S/C10H17N3S/c1-7-9(11)12-14-10(7)13(2)6-8-4-3-5-8/h8H,3-6H2,1-2H3,(H2,11,12). The van der Waals surface area contributed by atoms with Gasteiger partial charge in [-0.1, -0.05) is 6.42 Å². The zero-order valence-corrected chi connectivity index (χ0v) is 9.60. The maximum Gasteiger partial charge on any atom is 0.142 e. The quantitative estimate of drug-likeness (QED) is 0.834. The van der Waals surface area contributed by atoms with Crippen LogP contribution < -0.4 is 10.6 Å². The zero-order valence-electron chi connectivity index (χ0n) is 8.79. The monoisotopic (exact) mass is 211 g/mol. The maximum atomic E-state index is 5.73. The molecular weight excluding hydrogens is 194 g/mol. The van der Waals surface area contributed by atoms with E-state index in [-0.39, 0.29) is 0 Å². The topological polar surface area (TPSA) is 42.1 Å². The number of anilines is 2. The lowest BCUT2D eigenvalue weighted by atomic mass is 9.85. The lowest BCUT2D eigenvalue weighted by Gasteiger charge is -2.30. The van der Waals surface area contributed by atoms with Crippen molar-refractivity contribution in [1.29, 1.82) is 0 Å². The zero-order chi connectivity index (χ0) is 10.1. The Bertz CT molecular complexity index is 317. The molecule has 2 N–H and O–H groups in total. The van der Waals surface area contributed by atoms with Gasteiger partial charge in [-0.05, 0) is 37.2 Å². The van der Waals surface area contributed by atoms with Crippen molar-refractivity contribution in [2.45, 2.75) is 26.2 Å². The summed E-state index contributed by atoms with van der Waals surface area (Å²) >= 11 is 1.51. The van der Waals surface area contributed by atoms with Gasteiger partial charge in [0.05, 0.1) is 0 Å². The van der Waals surface area contributed by atoms with E-state index in [2.05, 4.69) is 16.3 Å². The van der Waals surface area contributed by atoms with Crippen molar-refractivity contribution >= 4 is 22.4 Å². The Hall–Kier alpha value is -0.770. The smallest absolute Gasteiger partial charge is 0.142 e. The molecule has 3 nitrogen and oxygen atoms in total. The maximum absolute atomic E-state index is 5.73. The van der Waals surface area contributed by atoms with E-state index in [1.54, 1.807) is 0 Å². The molecule has 0 unspecified atom stereocenters. The average Bonchev–Trinajstić information content (AvgIpc) is 2.41. The molecule has 1 heterocycles. The van der Waals surface area contributed by atoms with E-state index in [4.69, 9.17) is 5.73 Å². The normalized spacial score (nSPS) is 16.7. The van der Waals surface area contributed by atoms with Crippen molar-refractivity contribution in [1.82, 2.24) is 4.37 Å². The van der Waals surface area contributed by atoms with Crippen molar-refractivity contribution in [3.8, 4) is 0 Å². The molecule has 1 aromatic rings. The molecule has 0 amide bonds. The summed E-state index contributed by atoms with van der Waals surface area (Å²) in [5.41, 5.74) is 6.86. The van der Waals surface area contributed by atoms with Gasteiger partial charge in [0, 0.05) is 19.2 Å². The Kier molecular flexibility index (Phi) is 2.63. The average molecular weight is 211 g/mol. The van der Waals surface area contributed by atoms with Gasteiger partial charge in [-0.2, -0.15) is 4.37 Å². The minimum atomic E-state index is 0.686. The van der Waals surface area contributed by atoms with E-state index in [1.165, 1.54) is 35.8 Å². The first-order valence-corrected chi connectivity index (χ1v) is 5.88. The number of nitrogen functional groups attached to an aromatic ring is 1. The first kappa shape index (κ1) is 9.77. The highest BCUT2D eigenvalue weighted by atomic mass is 32.1. The predicted molar refractivity (Wildman–Crippen MR) is 61.9 cm³/mol. The number of nitrogens with zero attached hydrogens (tertiary/aromatic N) is 2. The van der Waals surface area contributed by atoms with Crippen LogP contribution in [-0.2, 0) is 0 Å². The van der Waals surface area contributed by atoms with Crippen molar-refractivity contribution in [2.24, 2.45) is 5.92 Å². The molecule has 4 heteroatoms. The first-order valence-electron chi connectivity index (χ1n) is 5.11. The Labute approximate surface area is 89.1 Å². The van der Waals surface area contributed by atoms with Crippen LogP contribution in [0.1, 0.15) is 24.8 Å². The molecule has 0 radical (unpaired) electrons. The molecule has 1 aliphatic rings. The highest BCUT2D eigenvalue weighted by molar-refractivity contribution is 7.10. The van der Waals surface area contributed by atoms with Crippen LogP contribution in [0.25, 0.3) is 0 Å². The third-order valence-corrected chi connectivity index (χ3v) is 4.12. The molecule has 1 saturated carbocycles. The minimum absolute atomic E-state index is 0.686. The SMILES string of the molecule is Cc1c(N)nsc1N(C)CC1CCC1. The number of aromatic nitrogens is 1. The molecule has 0 atom stereocenters. The van der Waals surface area contributed by atoms with Gasteiger partial charge in [0.2, 0.25) is 0 Å². The molecule has 0 aromatic carbocycles. The van der Waals surface area contributed by atoms with E-state index in [9.17, 15) is 0 Å². The molecule has 1 fully saturated rings. The Morgan fingerprint density at radius 3 is 2.71 bits per heavy atom. The summed E-state index contributed by atoms with van der Waals surface area (Å²) in [5.74, 6) is 1.58. The van der Waals surface area contributed by atoms with Crippen molar-refractivity contribution in [3.05, 3.63) is 5.56 Å². The van der Waals surface area contributed by atoms with Gasteiger partial charge in [0.1, 0.15) is 10.8 Å². The third kappa shape index (κ3) is 1.71. The van der Waals surface area contributed by atoms with Crippen LogP contribution in [0.15, 0.2) is 0 Å². The highest BCUT2D eigenvalue weighted by Gasteiger charge is 2.21. The summed E-state index contributed by atoms with van der Waals surface area (Å²) in [6, 6.07) is 0. The summed E-state index contributed by atoms with van der Waals surface area (Å²) in [7, 11) is 2.14. The minimum Gasteiger partial charge on any atom is -0.383 e. The van der Waals surface area contributed by atoms with Gasteiger partial charge in [-0.25, -0.2) is 0 Å². The van der Waals surface area contributed by atoms with Crippen LogP contribution in [0.2, 0.25) is 0 Å². The number of hydrogen-bond acceptors (Lipinski definition) is 4. The Morgan fingerprint density at radius 2 is 2.29 bits per heavy atom. The summed E-state index contributed by atoms with van der Waals surface area (Å²) in [4.78, 5) is 2.30. The van der Waals surface area contributed by atoms with Crippen LogP contribution >= 0.6 is 11.5 Å². The number of rotatable bonds is 3. The Morgan fingerprint density at radius 1 is 1.57 bits per heavy atom. The molecule has 0 bridgehead atoms. The van der Waals surface area contributed by atoms with Gasteiger partial charge in [0.15, 0.2) is 0 Å². The van der Waals surface area contributed by atoms with Crippen LogP contribution in [0.3, 0.4) is 0 Å². The van der Waals surface area contributed by atoms with Gasteiger partial charge >= 0.3 is 0 Å². The molecule has 0 saturated heterocycles. The molecule has 0 aliphatic heterocycles. The van der Waals surface area contributed by atoms with Crippen molar-refractivity contribution < 1.29 is 0 Å². The number of hydrogen-bond donors (Lipinski definition) is 1. The van der Waals surface area contributed by atoms with Crippen molar-refractivity contribution in [3.63, 3.8) is 0 Å². The lowest BCUT2D eigenvalue weighted by molar-refractivity contribution is 0.322. The second-order valence-electron chi connectivity index (χ2n) is 4.18. The summed E-state index contributed by atoms with van der Waals surface area (Å²) < 4.78 is 4.17. The first-order chi connectivity index (χ1) is 6.68. The summed E-state index contributed by atoms with van der Waals surface area (Å²) in [5, 5.41) is 1.23. The fraction of sp³-hybridized carbons (Fsp3) is 0.700. The number of nitrogens with two attached hydrogens (primary N) is 1. The van der Waals surface area contributed by atoms with Gasteiger partial charge < -0.3 is 10.6 Å². The fourth-order valence-corrected chi connectivity index (χ4v) is 2.62. The molecule has 1 aliphatic carbocycles. The molecule has 1 aromatic heterocycles. The predicted octanol–water partition coefficient (Wildman–Crippen LogP) is 2.27. The molecule has 0 spiro atoms. The van der Waals surface area contributed by atoms with Gasteiger partial charge in [0.25, 0.3) is 0 Å². The lowest BCUT2D eigenvalue weighted by Crippen LogP contribution is -2.29. The summed E-state index contributed by atoms with van der Waals surface area (Å²) in [6.45, 7) is 3.20.